The minimum absolute atomic E-state index is 0.107. The highest BCUT2D eigenvalue weighted by Gasteiger charge is 2.31. The number of imidazole rings is 1. The summed E-state index contributed by atoms with van der Waals surface area (Å²) >= 11 is 0. The van der Waals surface area contributed by atoms with Gasteiger partial charge >= 0.3 is 0 Å². The summed E-state index contributed by atoms with van der Waals surface area (Å²) in [5, 5.41) is 16.8. The number of nitrogens with one attached hydrogen (secondary N) is 2. The molecule has 1 saturated heterocycles. The first-order chi connectivity index (χ1) is 17.8. The number of hydrogen-bond donors (Lipinski definition) is 3. The van der Waals surface area contributed by atoms with Crippen molar-refractivity contribution in [3.05, 3.63) is 65.7 Å². The molecule has 1 atom stereocenters. The van der Waals surface area contributed by atoms with Gasteiger partial charge in [0.2, 0.25) is 5.78 Å². The van der Waals surface area contributed by atoms with E-state index in [4.69, 9.17) is 0 Å². The quantitative estimate of drug-likeness (QED) is 0.381. The molecule has 2 aliphatic rings. The van der Waals surface area contributed by atoms with Gasteiger partial charge in [0.05, 0.1) is 40.6 Å². The van der Waals surface area contributed by atoms with E-state index in [9.17, 15) is 9.90 Å². The number of carbonyl (C=O) groups is 1. The van der Waals surface area contributed by atoms with Crippen LogP contribution in [-0.2, 0) is 6.54 Å². The van der Waals surface area contributed by atoms with E-state index in [0.717, 1.165) is 59.8 Å². The number of rotatable bonds is 5. The second-order valence-corrected chi connectivity index (χ2v) is 10.5. The molecular formula is C28H31N7O2. The minimum atomic E-state index is -0.695. The second-order valence-electron chi connectivity index (χ2n) is 10.5. The number of benzene rings is 1. The van der Waals surface area contributed by atoms with E-state index in [2.05, 4.69) is 30.5 Å². The molecule has 3 N–H and O–H groups in total. The summed E-state index contributed by atoms with van der Waals surface area (Å²) in [6.45, 7) is 7.93. The molecule has 37 heavy (non-hydrogen) atoms. The molecule has 0 spiro atoms. The van der Waals surface area contributed by atoms with Crippen molar-refractivity contribution in [1.29, 1.82) is 0 Å². The van der Waals surface area contributed by atoms with Crippen LogP contribution in [0.25, 0.3) is 17.0 Å². The van der Waals surface area contributed by atoms with Crippen LogP contribution >= 0.6 is 0 Å². The molecule has 0 unspecified atom stereocenters. The maximum absolute atomic E-state index is 12.8. The highest BCUT2D eigenvalue weighted by atomic mass is 16.3. The number of aliphatic hydroxyl groups is 1. The zero-order valence-corrected chi connectivity index (χ0v) is 21.3. The van der Waals surface area contributed by atoms with Crippen LogP contribution in [0.1, 0.15) is 48.3 Å². The van der Waals surface area contributed by atoms with Gasteiger partial charge in [-0.05, 0) is 63.4 Å². The summed E-state index contributed by atoms with van der Waals surface area (Å²) in [5.41, 5.74) is 5.37. The highest BCUT2D eigenvalue weighted by molar-refractivity contribution is 6.06. The van der Waals surface area contributed by atoms with Gasteiger partial charge in [-0.25, -0.2) is 15.0 Å². The molecule has 2 aliphatic heterocycles. The van der Waals surface area contributed by atoms with E-state index >= 15 is 0 Å². The fourth-order valence-corrected chi connectivity index (χ4v) is 5.42. The smallest absolute Gasteiger partial charge is 0.254 e. The third kappa shape index (κ3) is 4.29. The Hall–Kier alpha value is -3.98. The fraction of sp³-hybridized carbons (Fsp3) is 0.357. The number of nitrogens with zero attached hydrogens (tertiary/aromatic N) is 5. The van der Waals surface area contributed by atoms with Gasteiger partial charge in [-0.1, -0.05) is 6.07 Å². The lowest BCUT2D eigenvalue weighted by Crippen LogP contribution is -2.44. The molecule has 0 bridgehead atoms. The van der Waals surface area contributed by atoms with E-state index < -0.39 is 5.60 Å². The molecule has 0 saturated carbocycles. The van der Waals surface area contributed by atoms with Gasteiger partial charge in [-0.3, -0.25) is 9.20 Å². The van der Waals surface area contributed by atoms with Gasteiger partial charge in [0, 0.05) is 43.0 Å². The van der Waals surface area contributed by atoms with Gasteiger partial charge in [0.1, 0.15) is 5.82 Å². The van der Waals surface area contributed by atoms with E-state index in [-0.39, 0.29) is 11.8 Å². The van der Waals surface area contributed by atoms with Crippen LogP contribution in [0.5, 0.6) is 0 Å². The Morgan fingerprint density at radius 1 is 1.14 bits per heavy atom. The number of pyridine rings is 1. The number of piperidine rings is 1. The molecule has 0 radical (unpaired) electrons. The van der Waals surface area contributed by atoms with Crippen LogP contribution in [0.15, 0.2) is 48.9 Å². The summed E-state index contributed by atoms with van der Waals surface area (Å²) in [5.74, 6) is 1.43. The molecule has 6 rings (SSSR count). The zero-order valence-electron chi connectivity index (χ0n) is 21.3. The van der Waals surface area contributed by atoms with E-state index in [1.807, 2.05) is 67.9 Å². The molecule has 0 aliphatic carbocycles. The van der Waals surface area contributed by atoms with Crippen molar-refractivity contribution >= 4 is 28.9 Å². The number of anilines is 3. The van der Waals surface area contributed by atoms with Gasteiger partial charge in [0.25, 0.3) is 5.91 Å². The van der Waals surface area contributed by atoms with E-state index in [1.54, 1.807) is 6.20 Å². The summed E-state index contributed by atoms with van der Waals surface area (Å²) in [6.07, 6.45) is 7.69. The normalized spacial score (nSPS) is 17.7. The lowest BCUT2D eigenvalue weighted by Gasteiger charge is -2.39. The number of amides is 1. The minimum Gasteiger partial charge on any atom is -0.390 e. The predicted molar refractivity (Wildman–Crippen MR) is 143 cm³/mol. The Morgan fingerprint density at radius 3 is 2.78 bits per heavy atom. The summed E-state index contributed by atoms with van der Waals surface area (Å²) < 4.78 is 1.95. The maximum Gasteiger partial charge on any atom is 0.254 e. The van der Waals surface area contributed by atoms with Crippen LogP contribution in [0.3, 0.4) is 0 Å². The first-order valence-electron chi connectivity index (χ1n) is 12.7. The third-order valence-electron chi connectivity index (χ3n) is 7.56. The average Bonchev–Trinajstić information content (AvgIpc) is 3.48. The molecule has 9 nitrogen and oxygen atoms in total. The average molecular weight is 498 g/mol. The van der Waals surface area contributed by atoms with Crippen molar-refractivity contribution in [2.45, 2.75) is 45.8 Å². The van der Waals surface area contributed by atoms with Crippen molar-refractivity contribution in [1.82, 2.24) is 24.7 Å². The van der Waals surface area contributed by atoms with Crippen molar-refractivity contribution in [3.8, 4) is 11.3 Å². The van der Waals surface area contributed by atoms with Crippen LogP contribution in [0.2, 0.25) is 0 Å². The van der Waals surface area contributed by atoms with Crippen molar-refractivity contribution < 1.29 is 9.90 Å². The maximum atomic E-state index is 12.8. The molecule has 5 heterocycles. The van der Waals surface area contributed by atoms with Crippen LogP contribution < -0.4 is 15.5 Å². The highest BCUT2D eigenvalue weighted by Crippen LogP contribution is 2.36. The first kappa shape index (κ1) is 23.4. The van der Waals surface area contributed by atoms with Crippen LogP contribution in [0, 0.1) is 12.8 Å². The fourth-order valence-electron chi connectivity index (χ4n) is 5.42. The molecular weight excluding hydrogens is 466 g/mol. The molecule has 4 aromatic rings. The number of aryl methyl sites for hydroxylation is 1. The van der Waals surface area contributed by atoms with Gasteiger partial charge in [-0.2, -0.15) is 0 Å². The Kier molecular flexibility index (Phi) is 5.60. The predicted octanol–water partition coefficient (Wildman–Crippen LogP) is 4.07. The Balaban J connectivity index is 1.27. The monoisotopic (exact) mass is 497 g/mol. The van der Waals surface area contributed by atoms with Crippen LogP contribution in [-0.4, -0.2) is 49.1 Å². The van der Waals surface area contributed by atoms with Gasteiger partial charge in [-0.15, -0.1) is 0 Å². The standard InChI is InChI=1S/C28H31N7O2/c1-17-10-12-35-23(15-31-27(35)32-17)20-7-8-22(25-21(20)14-30-26(25)36)33-24-9-6-19(13-29-24)34-11-4-5-18(16-34)28(2,3)37/h6-10,12-13,15,18,37H,4-5,11,14,16H2,1-3H3,(H,29,33)(H,30,36)/t18-/m1/s1. The van der Waals surface area contributed by atoms with Crippen molar-refractivity contribution in [2.75, 3.05) is 23.3 Å². The summed E-state index contributed by atoms with van der Waals surface area (Å²) in [4.78, 5) is 28.7. The summed E-state index contributed by atoms with van der Waals surface area (Å²) in [6, 6.07) is 9.87. The molecule has 1 fully saturated rings. The van der Waals surface area contributed by atoms with Gasteiger partial charge in [0.15, 0.2) is 0 Å². The number of fused-ring (bicyclic) bond motifs is 2. The third-order valence-corrected chi connectivity index (χ3v) is 7.56. The Labute approximate surface area is 215 Å². The number of hydrogen-bond acceptors (Lipinski definition) is 7. The lowest BCUT2D eigenvalue weighted by atomic mass is 9.84. The largest absolute Gasteiger partial charge is 0.390 e. The molecule has 1 aromatic carbocycles. The number of aromatic nitrogens is 4. The zero-order chi connectivity index (χ0) is 25.7. The Morgan fingerprint density at radius 2 is 2.00 bits per heavy atom. The second kappa shape index (κ2) is 8.85. The van der Waals surface area contributed by atoms with Crippen LogP contribution in [0.4, 0.5) is 17.2 Å². The van der Waals surface area contributed by atoms with E-state index in [0.29, 0.717) is 23.7 Å². The van der Waals surface area contributed by atoms with E-state index in [1.165, 1.54) is 0 Å². The van der Waals surface area contributed by atoms with Crippen molar-refractivity contribution in [3.63, 3.8) is 0 Å². The number of carbonyl (C=O) groups excluding carboxylic acids is 1. The molecule has 3 aromatic heterocycles. The molecule has 9 heteroatoms. The SMILES string of the molecule is Cc1ccn2c(-c3ccc(Nc4ccc(N5CCC[C@@H](C(C)(C)O)C5)cn4)c4c3CNC4=O)cnc2n1. The molecule has 190 valence electrons. The summed E-state index contributed by atoms with van der Waals surface area (Å²) in [7, 11) is 0. The topological polar surface area (TPSA) is 108 Å². The first-order valence-corrected chi connectivity index (χ1v) is 12.7. The molecule has 1 amide bonds. The van der Waals surface area contributed by atoms with Gasteiger partial charge < -0.3 is 20.6 Å². The lowest BCUT2D eigenvalue weighted by molar-refractivity contribution is 0.0110. The Bertz CT molecular complexity index is 1490. The van der Waals surface area contributed by atoms with Crippen molar-refractivity contribution in [2.24, 2.45) is 5.92 Å².